The zero-order chi connectivity index (χ0) is 24.8. The molecule has 0 unspecified atom stereocenters. The summed E-state index contributed by atoms with van der Waals surface area (Å²) in [7, 11) is 1.01. The molecule has 1 aliphatic heterocycles. The molecule has 1 heterocycles. The van der Waals surface area contributed by atoms with Gasteiger partial charge in [-0.25, -0.2) is 0 Å². The summed E-state index contributed by atoms with van der Waals surface area (Å²) in [6.45, 7) is 14.0. The standard InChI is InChI=1S/C26H42O6Si/c1-10-20-15-23(32-33(8,9)26(4,5)18(2)3)24(25(29-7)31-20)22(27)17-30-16-19-11-13-21(28-6)14-12-19/h1,11-14,18,20,22-25,27H,15-17H2,2-9H3/t20-,22-,23-,24+,25+/m1/s1. The fourth-order valence-electron chi connectivity index (χ4n) is 4.08. The lowest BCUT2D eigenvalue weighted by Gasteiger charge is -2.49. The van der Waals surface area contributed by atoms with Gasteiger partial charge in [-0.1, -0.05) is 45.7 Å². The van der Waals surface area contributed by atoms with Crippen LogP contribution in [0.2, 0.25) is 18.1 Å². The molecule has 5 atom stereocenters. The van der Waals surface area contributed by atoms with Crippen molar-refractivity contribution in [2.24, 2.45) is 11.8 Å². The number of terminal acetylenes is 1. The molecule has 186 valence electrons. The van der Waals surface area contributed by atoms with E-state index >= 15 is 0 Å². The normalized spacial score (nSPS) is 25.0. The van der Waals surface area contributed by atoms with Gasteiger partial charge in [0.15, 0.2) is 14.6 Å². The summed E-state index contributed by atoms with van der Waals surface area (Å²) in [6, 6.07) is 7.66. The highest BCUT2D eigenvalue weighted by Crippen LogP contribution is 2.46. The lowest BCUT2D eigenvalue weighted by atomic mass is 9.89. The van der Waals surface area contributed by atoms with E-state index in [9.17, 15) is 5.11 Å². The second-order valence-electron chi connectivity index (χ2n) is 10.2. The molecule has 0 bridgehead atoms. The molecule has 33 heavy (non-hydrogen) atoms. The molecule has 1 saturated heterocycles. The third kappa shape index (κ3) is 6.81. The van der Waals surface area contributed by atoms with Crippen LogP contribution in [0.4, 0.5) is 0 Å². The molecule has 1 N–H and O–H groups in total. The Kier molecular flexibility index (Phi) is 9.98. The van der Waals surface area contributed by atoms with Crippen LogP contribution in [0.25, 0.3) is 0 Å². The largest absolute Gasteiger partial charge is 0.497 e. The molecule has 0 radical (unpaired) electrons. The molecule has 0 aromatic heterocycles. The maximum absolute atomic E-state index is 11.2. The SMILES string of the molecule is C#C[C@@H]1C[C@@H](O[Si](C)(C)C(C)(C)C(C)C)[C@H]([C@H](O)COCc2ccc(OC)cc2)[C@@H](OC)O1. The van der Waals surface area contributed by atoms with Crippen molar-refractivity contribution >= 4 is 8.32 Å². The Balaban J connectivity index is 2.14. The minimum atomic E-state index is -2.19. The number of hydrogen-bond acceptors (Lipinski definition) is 6. The number of rotatable bonds is 11. The third-order valence-corrected chi connectivity index (χ3v) is 12.1. The fourth-order valence-corrected chi connectivity index (χ4v) is 6.79. The number of benzene rings is 1. The van der Waals surface area contributed by atoms with Crippen LogP contribution in [0.3, 0.4) is 0 Å². The van der Waals surface area contributed by atoms with Crippen LogP contribution in [0.1, 0.15) is 39.7 Å². The van der Waals surface area contributed by atoms with E-state index in [1.165, 1.54) is 0 Å². The Bertz CT molecular complexity index is 770. The lowest BCUT2D eigenvalue weighted by molar-refractivity contribution is -0.246. The second kappa shape index (κ2) is 11.8. The molecule has 1 aromatic rings. The summed E-state index contributed by atoms with van der Waals surface area (Å²) in [5.74, 6) is 3.52. The van der Waals surface area contributed by atoms with E-state index in [0.29, 0.717) is 18.9 Å². The molecule has 0 spiro atoms. The van der Waals surface area contributed by atoms with Crippen LogP contribution in [0, 0.1) is 24.2 Å². The van der Waals surface area contributed by atoms with Crippen molar-refractivity contribution in [1.82, 2.24) is 0 Å². The first-order valence-corrected chi connectivity index (χ1v) is 14.6. The van der Waals surface area contributed by atoms with E-state index in [0.717, 1.165) is 11.3 Å². The molecule has 1 aliphatic rings. The predicted octanol–water partition coefficient (Wildman–Crippen LogP) is 4.61. The molecular weight excluding hydrogens is 436 g/mol. The molecular formula is C26H42O6Si. The van der Waals surface area contributed by atoms with Crippen molar-refractivity contribution in [2.45, 2.75) is 83.5 Å². The first-order valence-electron chi connectivity index (χ1n) is 11.7. The van der Waals surface area contributed by atoms with Gasteiger partial charge in [-0.2, -0.15) is 0 Å². The van der Waals surface area contributed by atoms with Crippen LogP contribution in [-0.4, -0.2) is 58.9 Å². The van der Waals surface area contributed by atoms with Crippen LogP contribution in [-0.2, 0) is 25.2 Å². The molecule has 7 heteroatoms. The molecule has 1 fully saturated rings. The van der Waals surface area contributed by atoms with Crippen molar-refractivity contribution < 1.29 is 28.5 Å². The second-order valence-corrected chi connectivity index (χ2v) is 14.7. The quantitative estimate of drug-likeness (QED) is 0.370. The van der Waals surface area contributed by atoms with Crippen molar-refractivity contribution in [1.29, 1.82) is 0 Å². The Morgan fingerprint density at radius 3 is 2.36 bits per heavy atom. The molecule has 6 nitrogen and oxygen atoms in total. The summed E-state index contributed by atoms with van der Waals surface area (Å²) in [5, 5.41) is 11.2. The summed E-state index contributed by atoms with van der Waals surface area (Å²) in [4.78, 5) is 0. The van der Waals surface area contributed by atoms with Crippen LogP contribution in [0.5, 0.6) is 5.75 Å². The number of aliphatic hydroxyl groups is 1. The highest BCUT2D eigenvalue weighted by Gasteiger charge is 2.50. The van der Waals surface area contributed by atoms with E-state index in [4.69, 9.17) is 29.8 Å². The Hall–Kier alpha value is -1.40. The summed E-state index contributed by atoms with van der Waals surface area (Å²) in [6.07, 6.45) is 4.00. The Labute approximate surface area is 201 Å². The average molecular weight is 479 g/mol. The van der Waals surface area contributed by atoms with Gasteiger partial charge in [0, 0.05) is 13.5 Å². The molecule has 0 aliphatic carbocycles. The van der Waals surface area contributed by atoms with E-state index in [2.05, 4.69) is 46.7 Å². The predicted molar refractivity (Wildman–Crippen MR) is 133 cm³/mol. The fraction of sp³-hybridized carbons (Fsp3) is 0.692. The summed E-state index contributed by atoms with van der Waals surface area (Å²) < 4.78 is 29.4. The molecule has 0 amide bonds. The summed E-state index contributed by atoms with van der Waals surface area (Å²) in [5.41, 5.74) is 0.999. The third-order valence-electron chi connectivity index (χ3n) is 7.51. The number of methoxy groups -OCH3 is 2. The van der Waals surface area contributed by atoms with Crippen molar-refractivity contribution in [3.05, 3.63) is 29.8 Å². The smallest absolute Gasteiger partial charge is 0.192 e. The van der Waals surface area contributed by atoms with E-state index in [1.54, 1.807) is 14.2 Å². The average Bonchev–Trinajstić information content (AvgIpc) is 2.78. The van der Waals surface area contributed by atoms with Gasteiger partial charge in [0.1, 0.15) is 11.9 Å². The van der Waals surface area contributed by atoms with E-state index < -0.39 is 32.7 Å². The van der Waals surface area contributed by atoms with Gasteiger partial charge >= 0.3 is 0 Å². The number of ether oxygens (including phenoxy) is 4. The lowest BCUT2D eigenvalue weighted by Crippen LogP contribution is -2.57. The zero-order valence-corrected chi connectivity index (χ0v) is 22.5. The van der Waals surface area contributed by atoms with Gasteiger partial charge in [0.25, 0.3) is 0 Å². The maximum atomic E-state index is 11.2. The van der Waals surface area contributed by atoms with Crippen LogP contribution >= 0.6 is 0 Å². The topological polar surface area (TPSA) is 66.4 Å². The van der Waals surface area contributed by atoms with Crippen LogP contribution < -0.4 is 4.74 Å². The van der Waals surface area contributed by atoms with Gasteiger partial charge < -0.3 is 28.5 Å². The van der Waals surface area contributed by atoms with Crippen molar-refractivity contribution in [3.63, 3.8) is 0 Å². The molecule has 2 rings (SSSR count). The van der Waals surface area contributed by atoms with Crippen molar-refractivity contribution in [2.75, 3.05) is 20.8 Å². The van der Waals surface area contributed by atoms with Gasteiger partial charge in [-0.05, 0) is 41.7 Å². The van der Waals surface area contributed by atoms with Crippen molar-refractivity contribution in [3.8, 4) is 18.1 Å². The van der Waals surface area contributed by atoms with Gasteiger partial charge in [-0.15, -0.1) is 6.42 Å². The Morgan fingerprint density at radius 1 is 1.21 bits per heavy atom. The van der Waals surface area contributed by atoms with Crippen LogP contribution in [0.15, 0.2) is 24.3 Å². The van der Waals surface area contributed by atoms with E-state index in [-0.39, 0.29) is 17.7 Å². The highest BCUT2D eigenvalue weighted by atomic mass is 28.4. The minimum Gasteiger partial charge on any atom is -0.497 e. The molecule has 0 saturated carbocycles. The molecule has 1 aromatic carbocycles. The monoisotopic (exact) mass is 478 g/mol. The first kappa shape index (κ1) is 27.8. The van der Waals surface area contributed by atoms with Gasteiger partial charge in [0.2, 0.25) is 0 Å². The van der Waals surface area contributed by atoms with Gasteiger partial charge in [-0.3, -0.25) is 0 Å². The zero-order valence-electron chi connectivity index (χ0n) is 21.5. The Morgan fingerprint density at radius 2 is 1.85 bits per heavy atom. The highest BCUT2D eigenvalue weighted by molar-refractivity contribution is 6.74. The summed E-state index contributed by atoms with van der Waals surface area (Å²) >= 11 is 0. The minimum absolute atomic E-state index is 0.0277. The van der Waals surface area contributed by atoms with Gasteiger partial charge in [0.05, 0.1) is 38.4 Å². The first-order chi connectivity index (χ1) is 15.5. The van der Waals surface area contributed by atoms with E-state index in [1.807, 2.05) is 24.3 Å². The number of hydrogen-bond donors (Lipinski definition) is 1. The number of aliphatic hydroxyl groups excluding tert-OH is 1. The maximum Gasteiger partial charge on any atom is 0.192 e.